The van der Waals surface area contributed by atoms with E-state index in [1.165, 1.54) is 24.3 Å². The Kier molecular flexibility index (Phi) is 9.19. The Morgan fingerprint density at radius 1 is 1.03 bits per heavy atom. The smallest absolute Gasteiger partial charge is 0.346 e. The molecular weight excluding hydrogens is 682 g/mol. The largest absolute Gasteiger partial charge is 0.405 e. The van der Waals surface area contributed by atoms with Gasteiger partial charge in [0, 0.05) is 15.6 Å². The molecule has 2 aromatic carbocycles. The molecule has 0 aliphatic heterocycles. The number of ketones is 1. The number of Topliss-reactive ketones (excluding diaryl/α,β-unsaturated/α-hetero) is 1. The van der Waals surface area contributed by atoms with Crippen molar-refractivity contribution in [2.75, 3.05) is 6.54 Å². The van der Waals surface area contributed by atoms with E-state index >= 15 is 0 Å². The maximum absolute atomic E-state index is 13.8. The van der Waals surface area contributed by atoms with Gasteiger partial charge >= 0.3 is 12.4 Å². The Bertz CT molecular complexity index is 1220. The van der Waals surface area contributed by atoms with Crippen LogP contribution >= 0.6 is 57.4 Å². The van der Waals surface area contributed by atoms with Crippen molar-refractivity contribution in [2.45, 2.75) is 37.5 Å². The van der Waals surface area contributed by atoms with Gasteiger partial charge in [-0.05, 0) is 70.8 Å². The lowest BCUT2D eigenvalue weighted by Crippen LogP contribution is -2.39. The molecule has 0 aromatic heterocycles. The Morgan fingerprint density at radius 3 is 2.11 bits per heavy atom. The van der Waals surface area contributed by atoms with Crippen molar-refractivity contribution in [1.29, 1.82) is 0 Å². The molecule has 0 saturated heterocycles. The summed E-state index contributed by atoms with van der Waals surface area (Å²) >= 11 is 19.5. The normalized spacial score (nSPS) is 16.1. The molecule has 0 heterocycles. The van der Waals surface area contributed by atoms with Crippen LogP contribution in [0, 0.1) is 8.99 Å². The molecule has 13 heteroatoms. The molecule has 1 saturated carbocycles. The van der Waals surface area contributed by atoms with Crippen LogP contribution in [0.2, 0.25) is 15.1 Å². The monoisotopic (exact) mass is 697 g/mol. The highest BCUT2D eigenvalue weighted by molar-refractivity contribution is 14.1. The Hall–Kier alpha value is -1.50. The number of carbonyl (C=O) groups is 2. The van der Waals surface area contributed by atoms with Gasteiger partial charge in [-0.15, -0.1) is 0 Å². The van der Waals surface area contributed by atoms with Gasteiger partial charge in [-0.3, -0.25) is 9.59 Å². The molecule has 1 unspecified atom stereocenters. The molecule has 37 heavy (non-hydrogen) atoms. The number of rotatable bonds is 8. The number of nitrogens with one attached hydrogen (secondary N) is 1. The molecule has 0 radical (unpaired) electrons. The second kappa shape index (κ2) is 11.3. The molecule has 1 aliphatic carbocycles. The third-order valence-electron chi connectivity index (χ3n) is 5.78. The summed E-state index contributed by atoms with van der Waals surface area (Å²) in [6.07, 6.45) is -6.76. The summed E-state index contributed by atoms with van der Waals surface area (Å²) in [4.78, 5) is 25.0. The fraction of sp³-hybridized carbons (Fsp3) is 0.333. The predicted molar refractivity (Wildman–Crippen MR) is 138 cm³/mol. The summed E-state index contributed by atoms with van der Waals surface area (Å²) in [7, 11) is 0. The average Bonchev–Trinajstić information content (AvgIpc) is 3.55. The fourth-order valence-corrected chi connectivity index (χ4v) is 5.09. The van der Waals surface area contributed by atoms with E-state index in [0.717, 1.165) is 18.2 Å². The molecule has 3 rings (SSSR count). The molecule has 2 aromatic rings. The third-order valence-corrected chi connectivity index (χ3v) is 7.87. The van der Waals surface area contributed by atoms with E-state index in [9.17, 15) is 35.9 Å². The standard InChI is InChI=1S/C24H17Cl3F6INO2/c25-16-8-13(9-17(26)20(16)27)15(24(31,32)33)4-2-12-1-3-14(18(34)7-12)19(36)10-22(5-6-22)21(37)35-11-23(28,29)30/h1-4,7-9,15H,5-6,10-11H2,(H,35,37)/b4-2+. The van der Waals surface area contributed by atoms with Crippen molar-refractivity contribution in [3.63, 3.8) is 0 Å². The predicted octanol–water partition coefficient (Wildman–Crippen LogP) is 8.64. The summed E-state index contributed by atoms with van der Waals surface area (Å²) in [6.45, 7) is -1.48. The summed E-state index contributed by atoms with van der Waals surface area (Å²) in [5, 5.41) is 1.53. The van der Waals surface area contributed by atoms with Crippen LogP contribution in [0.3, 0.4) is 0 Å². The van der Waals surface area contributed by atoms with Gasteiger partial charge in [0.25, 0.3) is 0 Å². The quantitative estimate of drug-likeness (QED) is 0.130. The van der Waals surface area contributed by atoms with Gasteiger partial charge in [0.15, 0.2) is 5.78 Å². The minimum absolute atomic E-state index is 0.0578. The van der Waals surface area contributed by atoms with Crippen LogP contribution < -0.4 is 5.32 Å². The third kappa shape index (κ3) is 7.77. The minimum Gasteiger partial charge on any atom is -0.346 e. The zero-order chi connectivity index (χ0) is 27.8. The second-order valence-corrected chi connectivity index (χ2v) is 10.9. The number of carbonyl (C=O) groups excluding carboxylic acids is 2. The summed E-state index contributed by atoms with van der Waals surface area (Å²) in [6, 6.07) is 6.50. The molecule has 3 nitrogen and oxygen atoms in total. The van der Waals surface area contributed by atoms with Crippen molar-refractivity contribution in [3.8, 4) is 0 Å². The van der Waals surface area contributed by atoms with Gasteiger partial charge in [-0.1, -0.05) is 53.0 Å². The first kappa shape index (κ1) is 30.0. The van der Waals surface area contributed by atoms with Crippen LogP contribution in [-0.4, -0.2) is 30.6 Å². The van der Waals surface area contributed by atoms with Crippen molar-refractivity contribution in [3.05, 3.63) is 71.7 Å². The highest BCUT2D eigenvalue weighted by atomic mass is 127. The molecular formula is C24H17Cl3F6INO2. The number of hydrogen-bond acceptors (Lipinski definition) is 2. The molecule has 1 fully saturated rings. The van der Waals surface area contributed by atoms with Crippen molar-refractivity contribution in [2.24, 2.45) is 5.41 Å². The Labute approximate surface area is 236 Å². The van der Waals surface area contributed by atoms with E-state index in [2.05, 4.69) is 0 Å². The van der Waals surface area contributed by atoms with E-state index < -0.39 is 41.9 Å². The number of hydrogen-bond donors (Lipinski definition) is 1. The number of benzene rings is 2. The topological polar surface area (TPSA) is 46.2 Å². The molecule has 0 spiro atoms. The highest BCUT2D eigenvalue weighted by Gasteiger charge is 2.51. The summed E-state index contributed by atoms with van der Waals surface area (Å²) in [5.74, 6) is -3.31. The molecule has 0 bridgehead atoms. The van der Waals surface area contributed by atoms with Gasteiger partial charge in [0.2, 0.25) is 5.91 Å². The number of alkyl halides is 6. The van der Waals surface area contributed by atoms with Crippen molar-refractivity contribution < 1.29 is 35.9 Å². The lowest BCUT2D eigenvalue weighted by molar-refractivity contribution is -0.141. The SMILES string of the molecule is O=C(CC1(C(=O)NCC(F)(F)F)CC1)c1ccc(/C=C/C(c2cc(Cl)c(Cl)c(Cl)c2)C(F)(F)F)cc1I. The molecule has 1 aliphatic rings. The molecule has 1 amide bonds. The van der Waals surface area contributed by atoms with Gasteiger partial charge in [-0.25, -0.2) is 0 Å². The van der Waals surface area contributed by atoms with Crippen LogP contribution in [0.15, 0.2) is 36.4 Å². The first-order valence-corrected chi connectivity index (χ1v) is 12.8. The molecule has 1 N–H and O–H groups in total. The van der Waals surface area contributed by atoms with E-state index in [1.54, 1.807) is 0 Å². The zero-order valence-corrected chi connectivity index (χ0v) is 23.0. The maximum atomic E-state index is 13.8. The highest BCUT2D eigenvalue weighted by Crippen LogP contribution is 2.50. The van der Waals surface area contributed by atoms with E-state index in [-0.39, 0.29) is 45.5 Å². The number of halogens is 10. The second-order valence-electron chi connectivity index (χ2n) is 8.59. The number of allylic oxidation sites excluding steroid dienone is 1. The fourth-order valence-electron chi connectivity index (χ4n) is 3.64. The van der Waals surface area contributed by atoms with Crippen LogP contribution in [-0.2, 0) is 4.79 Å². The van der Waals surface area contributed by atoms with Crippen molar-refractivity contribution in [1.82, 2.24) is 5.32 Å². The van der Waals surface area contributed by atoms with Gasteiger partial charge in [0.05, 0.1) is 26.4 Å². The average molecular weight is 699 g/mol. The first-order valence-electron chi connectivity index (χ1n) is 10.6. The van der Waals surface area contributed by atoms with Gasteiger partial charge in [0.1, 0.15) is 6.54 Å². The van der Waals surface area contributed by atoms with E-state index in [0.29, 0.717) is 9.13 Å². The Morgan fingerprint density at radius 2 is 1.62 bits per heavy atom. The zero-order valence-electron chi connectivity index (χ0n) is 18.5. The lowest BCUT2D eigenvalue weighted by atomic mass is 9.93. The molecule has 200 valence electrons. The maximum Gasteiger partial charge on any atom is 0.405 e. The van der Waals surface area contributed by atoms with Crippen LogP contribution in [0.25, 0.3) is 6.08 Å². The van der Waals surface area contributed by atoms with Gasteiger partial charge < -0.3 is 5.32 Å². The number of amides is 1. The van der Waals surface area contributed by atoms with Crippen LogP contribution in [0.5, 0.6) is 0 Å². The van der Waals surface area contributed by atoms with E-state index in [1.807, 2.05) is 27.9 Å². The van der Waals surface area contributed by atoms with Gasteiger partial charge in [-0.2, -0.15) is 26.3 Å². The molecule has 1 atom stereocenters. The van der Waals surface area contributed by atoms with Crippen molar-refractivity contribution >= 4 is 75.2 Å². The van der Waals surface area contributed by atoms with E-state index in [4.69, 9.17) is 34.8 Å². The lowest BCUT2D eigenvalue weighted by Gasteiger charge is -2.18. The van der Waals surface area contributed by atoms with Crippen LogP contribution in [0.4, 0.5) is 26.3 Å². The summed E-state index contributed by atoms with van der Waals surface area (Å²) < 4.78 is 78.9. The minimum atomic E-state index is -4.66. The Balaban J connectivity index is 1.76. The summed E-state index contributed by atoms with van der Waals surface area (Å²) in [5.41, 5.74) is -0.796. The van der Waals surface area contributed by atoms with Crippen LogP contribution in [0.1, 0.15) is 46.7 Å². The first-order chi connectivity index (χ1) is 17.0.